The number of carbonyl (C=O) groups excluding carboxylic acids is 2. The average molecular weight is 314 g/mol. The van der Waals surface area contributed by atoms with Crippen molar-refractivity contribution in [2.24, 2.45) is 0 Å². The Morgan fingerprint density at radius 1 is 1.04 bits per heavy atom. The fourth-order valence-electron chi connectivity index (χ4n) is 2.39. The molecule has 0 unspecified atom stereocenters. The van der Waals surface area contributed by atoms with Gasteiger partial charge in [-0.15, -0.1) is 0 Å². The molecule has 4 nitrogen and oxygen atoms in total. The third kappa shape index (κ3) is 2.70. The summed E-state index contributed by atoms with van der Waals surface area (Å²) >= 11 is 0. The lowest BCUT2D eigenvalue weighted by Gasteiger charge is -2.08. The molecular weight excluding hydrogens is 302 g/mol. The molecule has 0 fully saturated rings. The molecule has 0 aliphatic carbocycles. The number of nitrogens with one attached hydrogen (secondary N) is 1. The van der Waals surface area contributed by atoms with Gasteiger partial charge >= 0.3 is 0 Å². The topological polar surface area (TPSA) is 51.1 Å². The molecule has 0 atom stereocenters. The van der Waals surface area contributed by atoms with Crippen LogP contribution in [0.5, 0.6) is 0 Å². The van der Waals surface area contributed by atoms with E-state index in [0.717, 1.165) is 17.5 Å². The fraction of sp³-hybridized carbons (Fsp3) is 0.0588. The van der Waals surface area contributed by atoms with Gasteiger partial charge in [0.25, 0.3) is 5.91 Å². The SMILES string of the molecule is CC(=O)n1ccc2ccc(NC(=O)c3c(F)cccc3F)cc21. The van der Waals surface area contributed by atoms with E-state index in [1.165, 1.54) is 17.6 Å². The maximum Gasteiger partial charge on any atom is 0.261 e. The van der Waals surface area contributed by atoms with Gasteiger partial charge in [-0.1, -0.05) is 12.1 Å². The molecule has 2 aromatic carbocycles. The number of nitrogens with zero attached hydrogens (tertiary/aromatic N) is 1. The molecule has 1 N–H and O–H groups in total. The van der Waals surface area contributed by atoms with Gasteiger partial charge in [-0.3, -0.25) is 14.2 Å². The van der Waals surface area contributed by atoms with E-state index in [4.69, 9.17) is 0 Å². The van der Waals surface area contributed by atoms with Gasteiger partial charge in [-0.05, 0) is 30.3 Å². The molecule has 0 saturated carbocycles. The van der Waals surface area contributed by atoms with Gasteiger partial charge in [0.05, 0.1) is 5.52 Å². The Balaban J connectivity index is 1.97. The Hall–Kier alpha value is -3.02. The third-order valence-electron chi connectivity index (χ3n) is 3.48. The van der Waals surface area contributed by atoms with Gasteiger partial charge in [0.15, 0.2) is 0 Å². The first kappa shape index (κ1) is 14.9. The predicted molar refractivity (Wildman–Crippen MR) is 82.5 cm³/mol. The van der Waals surface area contributed by atoms with Crippen LogP contribution in [0.3, 0.4) is 0 Å². The molecule has 1 amide bonds. The second-order valence-corrected chi connectivity index (χ2v) is 5.03. The Morgan fingerprint density at radius 3 is 2.39 bits per heavy atom. The molecular formula is C17H12F2N2O2. The van der Waals surface area contributed by atoms with Crippen LogP contribution >= 0.6 is 0 Å². The highest BCUT2D eigenvalue weighted by atomic mass is 19.1. The van der Waals surface area contributed by atoms with E-state index < -0.39 is 23.1 Å². The van der Waals surface area contributed by atoms with Crippen LogP contribution in [0.4, 0.5) is 14.5 Å². The summed E-state index contributed by atoms with van der Waals surface area (Å²) in [6.45, 7) is 1.42. The number of halogens is 2. The van der Waals surface area contributed by atoms with Gasteiger partial charge in [0.2, 0.25) is 5.91 Å². The maximum atomic E-state index is 13.6. The summed E-state index contributed by atoms with van der Waals surface area (Å²) < 4.78 is 28.7. The van der Waals surface area contributed by atoms with Crippen LogP contribution in [0.25, 0.3) is 10.9 Å². The summed E-state index contributed by atoms with van der Waals surface area (Å²) in [6, 6.07) is 9.87. The molecule has 0 aliphatic rings. The molecule has 116 valence electrons. The van der Waals surface area contributed by atoms with Crippen LogP contribution in [0, 0.1) is 11.6 Å². The fourth-order valence-corrected chi connectivity index (χ4v) is 2.39. The zero-order valence-corrected chi connectivity index (χ0v) is 12.1. The minimum absolute atomic E-state index is 0.177. The number of aromatic nitrogens is 1. The van der Waals surface area contributed by atoms with E-state index >= 15 is 0 Å². The van der Waals surface area contributed by atoms with Crippen molar-refractivity contribution < 1.29 is 18.4 Å². The van der Waals surface area contributed by atoms with E-state index in [9.17, 15) is 18.4 Å². The van der Waals surface area contributed by atoms with Gasteiger partial charge < -0.3 is 5.32 Å². The number of fused-ring (bicyclic) bond motifs is 1. The summed E-state index contributed by atoms with van der Waals surface area (Å²) in [6.07, 6.45) is 1.62. The Morgan fingerprint density at radius 2 is 1.74 bits per heavy atom. The van der Waals surface area contributed by atoms with Crippen LogP contribution in [0.2, 0.25) is 0 Å². The Kier molecular flexibility index (Phi) is 3.65. The number of hydrogen-bond donors (Lipinski definition) is 1. The smallest absolute Gasteiger partial charge is 0.261 e. The first-order valence-electron chi connectivity index (χ1n) is 6.85. The van der Waals surface area contributed by atoms with E-state index in [2.05, 4.69) is 5.32 Å². The lowest BCUT2D eigenvalue weighted by atomic mass is 10.1. The van der Waals surface area contributed by atoms with Crippen molar-refractivity contribution in [1.29, 1.82) is 0 Å². The van der Waals surface area contributed by atoms with Crippen molar-refractivity contribution in [2.45, 2.75) is 6.92 Å². The number of hydrogen-bond acceptors (Lipinski definition) is 2. The highest BCUT2D eigenvalue weighted by Crippen LogP contribution is 2.22. The highest BCUT2D eigenvalue weighted by molar-refractivity contribution is 6.05. The molecule has 3 rings (SSSR count). The second kappa shape index (κ2) is 5.64. The molecule has 0 radical (unpaired) electrons. The molecule has 1 heterocycles. The molecule has 6 heteroatoms. The van der Waals surface area contributed by atoms with Crippen LogP contribution < -0.4 is 5.32 Å². The van der Waals surface area contributed by atoms with Crippen molar-refractivity contribution in [1.82, 2.24) is 4.57 Å². The summed E-state index contributed by atoms with van der Waals surface area (Å²) in [4.78, 5) is 23.6. The van der Waals surface area contributed by atoms with Crippen molar-refractivity contribution in [3.05, 3.63) is 65.9 Å². The first-order chi connectivity index (χ1) is 11.0. The minimum Gasteiger partial charge on any atom is -0.322 e. The lowest BCUT2D eigenvalue weighted by Crippen LogP contribution is -2.16. The van der Waals surface area contributed by atoms with Gasteiger partial charge in [0.1, 0.15) is 17.2 Å². The second-order valence-electron chi connectivity index (χ2n) is 5.03. The predicted octanol–water partition coefficient (Wildman–Crippen LogP) is 3.83. The molecule has 0 aliphatic heterocycles. The normalized spacial score (nSPS) is 10.7. The molecule has 3 aromatic rings. The van der Waals surface area contributed by atoms with E-state index in [-0.39, 0.29) is 5.91 Å². The van der Waals surface area contributed by atoms with Gasteiger partial charge in [-0.2, -0.15) is 0 Å². The largest absolute Gasteiger partial charge is 0.322 e. The number of amides is 1. The van der Waals surface area contributed by atoms with Gasteiger partial charge in [0, 0.05) is 24.2 Å². The molecule has 1 aromatic heterocycles. The molecule has 0 bridgehead atoms. The van der Waals surface area contributed by atoms with Crippen LogP contribution in [0.1, 0.15) is 22.1 Å². The van der Waals surface area contributed by atoms with Crippen molar-refractivity contribution in [3.8, 4) is 0 Å². The maximum absolute atomic E-state index is 13.6. The number of benzene rings is 2. The van der Waals surface area contributed by atoms with Crippen molar-refractivity contribution in [3.63, 3.8) is 0 Å². The van der Waals surface area contributed by atoms with Crippen LogP contribution in [-0.2, 0) is 0 Å². The number of carbonyl (C=O) groups is 2. The number of rotatable bonds is 2. The van der Waals surface area contributed by atoms with Crippen molar-refractivity contribution in [2.75, 3.05) is 5.32 Å². The summed E-state index contributed by atoms with van der Waals surface area (Å²) in [7, 11) is 0. The molecule has 23 heavy (non-hydrogen) atoms. The van der Waals surface area contributed by atoms with Crippen LogP contribution in [0.15, 0.2) is 48.7 Å². The van der Waals surface area contributed by atoms with Crippen molar-refractivity contribution >= 4 is 28.4 Å². The van der Waals surface area contributed by atoms with E-state index in [1.54, 1.807) is 30.5 Å². The minimum atomic E-state index is -0.935. The monoisotopic (exact) mass is 314 g/mol. The summed E-state index contributed by atoms with van der Waals surface area (Å²) in [5.41, 5.74) is 0.296. The van der Waals surface area contributed by atoms with Crippen LogP contribution in [-0.4, -0.2) is 16.4 Å². The standard InChI is InChI=1S/C17H12F2N2O2/c1-10(22)21-8-7-11-5-6-12(9-15(11)21)20-17(23)16-13(18)3-2-4-14(16)19/h2-9H,1H3,(H,20,23). The zero-order chi connectivity index (χ0) is 16.6. The molecule has 0 saturated heterocycles. The summed E-state index contributed by atoms with van der Waals surface area (Å²) in [5.74, 6) is -2.93. The number of anilines is 1. The van der Waals surface area contributed by atoms with E-state index in [0.29, 0.717) is 11.2 Å². The average Bonchev–Trinajstić information content (AvgIpc) is 2.90. The zero-order valence-electron chi connectivity index (χ0n) is 12.1. The quantitative estimate of drug-likeness (QED) is 0.781. The lowest BCUT2D eigenvalue weighted by molar-refractivity contribution is 0.0941. The van der Waals surface area contributed by atoms with E-state index in [1.807, 2.05) is 0 Å². The summed E-state index contributed by atoms with van der Waals surface area (Å²) in [5, 5.41) is 3.26. The van der Waals surface area contributed by atoms with Gasteiger partial charge in [-0.25, -0.2) is 8.78 Å². The third-order valence-corrected chi connectivity index (χ3v) is 3.48. The first-order valence-corrected chi connectivity index (χ1v) is 6.85. The highest BCUT2D eigenvalue weighted by Gasteiger charge is 2.17. The molecule has 0 spiro atoms. The Labute approximate surface area is 130 Å². The Bertz CT molecular complexity index is 911.